The van der Waals surface area contributed by atoms with E-state index >= 15 is 0 Å². The Morgan fingerprint density at radius 3 is 2.67 bits per heavy atom. The van der Waals surface area contributed by atoms with Gasteiger partial charge in [-0.25, -0.2) is 0 Å². The van der Waals surface area contributed by atoms with Gasteiger partial charge in [-0.05, 0) is 43.7 Å². The molecular formula is C20H18ClF3N4O2. The van der Waals surface area contributed by atoms with Gasteiger partial charge in [-0.1, -0.05) is 6.07 Å². The van der Waals surface area contributed by atoms with Gasteiger partial charge in [-0.3, -0.25) is 14.5 Å². The molecule has 6 nitrogen and oxygen atoms in total. The largest absolute Gasteiger partial charge is 0.573 e. The molecule has 0 radical (unpaired) electrons. The van der Waals surface area contributed by atoms with E-state index in [0.29, 0.717) is 16.9 Å². The maximum atomic E-state index is 13.3. The molecule has 30 heavy (non-hydrogen) atoms. The van der Waals surface area contributed by atoms with E-state index in [4.69, 9.17) is 0 Å². The maximum absolute atomic E-state index is 13.3. The van der Waals surface area contributed by atoms with Crippen LogP contribution < -0.4 is 9.64 Å². The number of rotatable bonds is 3. The lowest BCUT2D eigenvalue weighted by molar-refractivity contribution is -0.274. The first-order chi connectivity index (χ1) is 13.7. The molecular weight excluding hydrogens is 421 g/mol. The summed E-state index contributed by atoms with van der Waals surface area (Å²) in [4.78, 5) is 18.9. The Morgan fingerprint density at radius 2 is 1.97 bits per heavy atom. The number of fused-ring (bicyclic) bond motifs is 1. The van der Waals surface area contributed by atoms with Crippen LogP contribution in [0.5, 0.6) is 5.75 Å². The number of carbonyl (C=O) groups excluding carboxylic acids is 1. The standard InChI is InChI=1S/C20H17F3N4O2.ClH/c1-12-8-14(6-7-24-12)17-10-25-27-13(2)11-26(19(28)18(17)27)15-4-3-5-16(9-15)29-20(21,22)23;/h3-10,13H,11H2,1-2H3;1H/t13-;/m0./s1. The van der Waals surface area contributed by atoms with Gasteiger partial charge in [0, 0.05) is 35.8 Å². The number of halogens is 4. The fourth-order valence-corrected chi connectivity index (χ4v) is 3.46. The zero-order valence-corrected chi connectivity index (χ0v) is 16.9. The monoisotopic (exact) mass is 438 g/mol. The van der Waals surface area contributed by atoms with Crippen LogP contribution in [0, 0.1) is 6.92 Å². The maximum Gasteiger partial charge on any atom is 0.573 e. The van der Waals surface area contributed by atoms with Crippen LogP contribution in [0.2, 0.25) is 0 Å². The van der Waals surface area contributed by atoms with Crippen LogP contribution in [0.25, 0.3) is 11.1 Å². The van der Waals surface area contributed by atoms with Gasteiger partial charge in [0.05, 0.1) is 12.2 Å². The van der Waals surface area contributed by atoms with Crippen molar-refractivity contribution in [3.8, 4) is 16.9 Å². The third-order valence-corrected chi connectivity index (χ3v) is 4.68. The van der Waals surface area contributed by atoms with Crippen molar-refractivity contribution in [3.63, 3.8) is 0 Å². The molecule has 3 heterocycles. The normalized spacial score (nSPS) is 16.1. The summed E-state index contributed by atoms with van der Waals surface area (Å²) in [5.41, 5.74) is 2.96. The number of amides is 1. The molecule has 0 saturated carbocycles. The first-order valence-electron chi connectivity index (χ1n) is 8.91. The number of ether oxygens (including phenoxy) is 1. The van der Waals surface area contributed by atoms with Crippen molar-refractivity contribution in [2.75, 3.05) is 11.4 Å². The van der Waals surface area contributed by atoms with Gasteiger partial charge in [0.1, 0.15) is 11.4 Å². The molecule has 0 aliphatic carbocycles. The number of benzene rings is 1. The SMILES string of the molecule is Cc1cc(-c2cnn3c2C(=O)N(c2cccc(OC(F)(F)F)c2)C[C@@H]3C)ccn1.Cl. The van der Waals surface area contributed by atoms with E-state index in [1.807, 2.05) is 19.9 Å². The number of hydrogen-bond donors (Lipinski definition) is 0. The van der Waals surface area contributed by atoms with E-state index in [0.717, 1.165) is 11.3 Å². The second-order valence-electron chi connectivity index (χ2n) is 6.85. The molecule has 1 amide bonds. The molecule has 0 unspecified atom stereocenters. The predicted octanol–water partition coefficient (Wildman–Crippen LogP) is 4.80. The lowest BCUT2D eigenvalue weighted by Gasteiger charge is -2.32. The highest BCUT2D eigenvalue weighted by atomic mass is 35.5. The van der Waals surface area contributed by atoms with Crippen molar-refractivity contribution in [1.29, 1.82) is 0 Å². The van der Waals surface area contributed by atoms with E-state index < -0.39 is 6.36 Å². The Hall–Kier alpha value is -3.07. The van der Waals surface area contributed by atoms with Crippen molar-refractivity contribution in [1.82, 2.24) is 14.8 Å². The number of pyridine rings is 1. The summed E-state index contributed by atoms with van der Waals surface area (Å²) >= 11 is 0. The summed E-state index contributed by atoms with van der Waals surface area (Å²) in [6, 6.07) is 8.90. The molecule has 3 aromatic rings. The van der Waals surface area contributed by atoms with E-state index in [-0.39, 0.29) is 36.7 Å². The first-order valence-corrected chi connectivity index (χ1v) is 8.91. The third-order valence-electron chi connectivity index (χ3n) is 4.68. The third kappa shape index (κ3) is 4.11. The van der Waals surface area contributed by atoms with Crippen molar-refractivity contribution in [3.05, 3.63) is 60.2 Å². The quantitative estimate of drug-likeness (QED) is 0.589. The Kier molecular flexibility index (Phi) is 5.76. The molecule has 1 aliphatic rings. The Balaban J connectivity index is 0.00000256. The van der Waals surface area contributed by atoms with Gasteiger partial charge in [-0.15, -0.1) is 25.6 Å². The number of nitrogens with zero attached hydrogens (tertiary/aromatic N) is 4. The fraction of sp³-hybridized carbons (Fsp3) is 0.250. The Morgan fingerprint density at radius 1 is 1.20 bits per heavy atom. The van der Waals surface area contributed by atoms with Gasteiger partial charge in [0.25, 0.3) is 5.91 Å². The van der Waals surface area contributed by atoms with Gasteiger partial charge < -0.3 is 9.64 Å². The second-order valence-corrected chi connectivity index (χ2v) is 6.85. The second kappa shape index (κ2) is 7.98. The van der Waals surface area contributed by atoms with Crippen molar-refractivity contribution in [2.24, 2.45) is 0 Å². The molecule has 0 spiro atoms. The fourth-order valence-electron chi connectivity index (χ4n) is 3.46. The lowest BCUT2D eigenvalue weighted by Crippen LogP contribution is -2.42. The summed E-state index contributed by atoms with van der Waals surface area (Å²) in [5.74, 6) is -0.714. The zero-order chi connectivity index (χ0) is 20.8. The van der Waals surface area contributed by atoms with E-state index in [9.17, 15) is 18.0 Å². The minimum absolute atomic E-state index is 0. The minimum atomic E-state index is -4.80. The highest BCUT2D eigenvalue weighted by Gasteiger charge is 2.35. The molecule has 4 rings (SSSR count). The summed E-state index contributed by atoms with van der Waals surface area (Å²) in [6.07, 6.45) is -1.52. The van der Waals surface area contributed by atoms with Crippen LogP contribution in [0.1, 0.15) is 29.1 Å². The summed E-state index contributed by atoms with van der Waals surface area (Å²) in [6.45, 7) is 4.02. The Bertz CT molecular complexity index is 1080. The van der Waals surface area contributed by atoms with Crippen molar-refractivity contribution >= 4 is 24.0 Å². The van der Waals surface area contributed by atoms with Crippen molar-refractivity contribution in [2.45, 2.75) is 26.3 Å². The molecule has 0 saturated heterocycles. The molecule has 1 aliphatic heterocycles. The molecule has 158 valence electrons. The summed E-state index contributed by atoms with van der Waals surface area (Å²) in [7, 11) is 0. The highest BCUT2D eigenvalue weighted by Crippen LogP contribution is 2.34. The van der Waals surface area contributed by atoms with Crippen LogP contribution in [-0.4, -0.2) is 33.6 Å². The van der Waals surface area contributed by atoms with Crippen LogP contribution in [0.15, 0.2) is 48.8 Å². The van der Waals surface area contributed by atoms with E-state index in [2.05, 4.69) is 14.8 Å². The van der Waals surface area contributed by atoms with Crippen molar-refractivity contribution < 1.29 is 22.7 Å². The van der Waals surface area contributed by atoms with Gasteiger partial charge in [0.15, 0.2) is 0 Å². The number of aryl methyl sites for hydroxylation is 1. The predicted molar refractivity (Wildman–Crippen MR) is 107 cm³/mol. The van der Waals surface area contributed by atoms with E-state index in [1.54, 1.807) is 29.2 Å². The smallest absolute Gasteiger partial charge is 0.406 e. The molecule has 2 aromatic heterocycles. The molecule has 1 aromatic carbocycles. The molecule has 1 atom stereocenters. The van der Waals surface area contributed by atoms with Gasteiger partial charge >= 0.3 is 6.36 Å². The highest BCUT2D eigenvalue weighted by molar-refractivity contribution is 6.09. The number of aromatic nitrogens is 3. The first kappa shape index (κ1) is 21.6. The Labute approximate surface area is 176 Å². The number of alkyl halides is 3. The number of hydrogen-bond acceptors (Lipinski definition) is 4. The number of carbonyl (C=O) groups is 1. The summed E-state index contributed by atoms with van der Waals surface area (Å²) in [5, 5.41) is 4.36. The van der Waals surface area contributed by atoms with Crippen LogP contribution >= 0.6 is 12.4 Å². The number of anilines is 1. The molecule has 0 fully saturated rings. The average molecular weight is 439 g/mol. The van der Waals surface area contributed by atoms with Gasteiger partial charge in [0.2, 0.25) is 0 Å². The zero-order valence-electron chi connectivity index (χ0n) is 16.1. The molecule has 0 N–H and O–H groups in total. The minimum Gasteiger partial charge on any atom is -0.406 e. The topological polar surface area (TPSA) is 60.2 Å². The van der Waals surface area contributed by atoms with Crippen LogP contribution in [0.4, 0.5) is 18.9 Å². The van der Waals surface area contributed by atoms with Crippen LogP contribution in [0.3, 0.4) is 0 Å². The molecule has 10 heteroatoms. The van der Waals surface area contributed by atoms with E-state index in [1.165, 1.54) is 23.1 Å². The summed E-state index contributed by atoms with van der Waals surface area (Å²) < 4.78 is 43.3. The lowest BCUT2D eigenvalue weighted by atomic mass is 10.0. The van der Waals surface area contributed by atoms with Crippen LogP contribution in [-0.2, 0) is 0 Å². The molecule has 0 bridgehead atoms. The average Bonchev–Trinajstić information content (AvgIpc) is 3.09. The van der Waals surface area contributed by atoms with Gasteiger partial charge in [-0.2, -0.15) is 5.10 Å².